The van der Waals surface area contributed by atoms with Crippen molar-refractivity contribution in [1.82, 2.24) is 8.75 Å². The number of ketones is 1. The number of fused-ring (bicyclic) bond motifs is 1. The van der Waals surface area contributed by atoms with Gasteiger partial charge in [-0.1, -0.05) is 66.2 Å². The second kappa shape index (κ2) is 10.1. The Morgan fingerprint density at radius 2 is 1.52 bits per heavy atom. The van der Waals surface area contributed by atoms with Gasteiger partial charge in [0, 0.05) is 23.1 Å². The molecule has 0 N–H and O–H groups in total. The number of carbonyl (C=O) groups is 2. The zero-order chi connectivity index (χ0) is 21.1. The van der Waals surface area contributed by atoms with Gasteiger partial charge in [-0.15, -0.1) is 0 Å². The first-order valence-corrected chi connectivity index (χ1v) is 10.1. The molecule has 0 aliphatic heterocycles. The van der Waals surface area contributed by atoms with E-state index in [1.807, 2.05) is 49.4 Å². The molecule has 0 fully saturated rings. The van der Waals surface area contributed by atoms with Crippen LogP contribution in [0, 0.1) is 6.92 Å². The molecular weight excluding hydrogens is 419 g/mol. The van der Waals surface area contributed by atoms with Crippen molar-refractivity contribution in [1.29, 1.82) is 0 Å². The van der Waals surface area contributed by atoms with Gasteiger partial charge in [0.05, 0.1) is 17.7 Å². The third kappa shape index (κ3) is 5.17. The smallest absolute Gasteiger partial charge is 0.545 e. The fourth-order valence-electron chi connectivity index (χ4n) is 3.31. The van der Waals surface area contributed by atoms with Crippen LogP contribution in [0.25, 0.3) is 16.6 Å². The van der Waals surface area contributed by atoms with Crippen molar-refractivity contribution in [2.24, 2.45) is 0 Å². The quantitative estimate of drug-likeness (QED) is 0.252. The minimum Gasteiger partial charge on any atom is -0.545 e. The van der Waals surface area contributed by atoms with E-state index in [0.717, 1.165) is 22.9 Å². The fourth-order valence-corrected chi connectivity index (χ4v) is 3.83. The number of carboxylic acid groups (broad SMARTS) is 1. The first-order chi connectivity index (χ1) is 14.5. The van der Waals surface area contributed by atoms with Crippen molar-refractivity contribution in [2.45, 2.75) is 13.3 Å². The molecule has 0 spiro atoms. The summed E-state index contributed by atoms with van der Waals surface area (Å²) in [6.07, 6.45) is 0.171. The van der Waals surface area contributed by atoms with Crippen LogP contribution in [-0.2, 0) is 11.2 Å². The van der Waals surface area contributed by atoms with E-state index >= 15 is 0 Å². The number of aromatic nitrogens is 2. The average Bonchev–Trinajstić information content (AvgIpc) is 3.22. The molecule has 31 heavy (non-hydrogen) atoms. The zero-order valence-corrected chi connectivity index (χ0v) is 20.0. The van der Waals surface area contributed by atoms with Crippen LogP contribution in [0.1, 0.15) is 27.0 Å². The predicted octanol–water partition coefficient (Wildman–Crippen LogP) is 0.633. The molecule has 0 aliphatic carbocycles. The van der Waals surface area contributed by atoms with Crippen molar-refractivity contribution < 1.29 is 44.3 Å². The first-order valence-electron chi connectivity index (χ1n) is 9.35. The summed E-state index contributed by atoms with van der Waals surface area (Å²) in [6, 6.07) is 21.4. The molecule has 0 unspecified atom stereocenters. The Labute approximate surface area is 206 Å². The van der Waals surface area contributed by atoms with Gasteiger partial charge in [0.1, 0.15) is 11.0 Å². The number of nitrogens with zero attached hydrogens (tertiary/aromatic N) is 2. The minimum absolute atomic E-state index is 0. The minimum atomic E-state index is -1.40. The third-order valence-corrected chi connectivity index (χ3v) is 5.42. The maximum absolute atomic E-state index is 13.4. The molecule has 3 aromatic carbocycles. The monoisotopic (exact) mass is 436 g/mol. The third-order valence-electron chi connectivity index (χ3n) is 4.86. The van der Waals surface area contributed by atoms with E-state index in [1.54, 1.807) is 30.3 Å². The van der Waals surface area contributed by atoms with Crippen LogP contribution in [-0.4, -0.2) is 20.5 Å². The Balaban J connectivity index is 0.00000272. The Morgan fingerprint density at radius 1 is 0.871 bits per heavy atom. The van der Waals surface area contributed by atoms with Crippen molar-refractivity contribution in [2.75, 3.05) is 0 Å². The average molecular weight is 436 g/mol. The zero-order valence-electron chi connectivity index (χ0n) is 17.2. The number of carbonyl (C=O) groups excluding carboxylic acids is 2. The van der Waals surface area contributed by atoms with Gasteiger partial charge in [0.25, 0.3) is 0 Å². The molecule has 0 amide bonds. The standard InChI is InChI=1S/C24H18N2O3S.Na/c1-15-7-9-17(10-8-15)23(27)19(13-16-5-3-2-4-6-16)22(24(28)29)18-11-12-20-21(14-18)26-30-25-20;/h2-12,14H,13H2,1H3,(H,28,29);/q;+1/p-1/b22-19+;. The van der Waals surface area contributed by atoms with E-state index in [1.165, 1.54) is 0 Å². The van der Waals surface area contributed by atoms with Crippen LogP contribution < -0.4 is 34.7 Å². The van der Waals surface area contributed by atoms with Gasteiger partial charge in [-0.25, -0.2) is 0 Å². The molecule has 7 heteroatoms. The molecule has 1 heterocycles. The second-order valence-electron chi connectivity index (χ2n) is 6.97. The SMILES string of the molecule is Cc1ccc(C(=O)/C(Cc2ccccc2)=C(/C(=O)[O-])c2ccc3nsnc3c2)cc1.[Na+]. The second-order valence-corrected chi connectivity index (χ2v) is 7.49. The van der Waals surface area contributed by atoms with Gasteiger partial charge >= 0.3 is 29.6 Å². The van der Waals surface area contributed by atoms with Gasteiger partial charge in [0.15, 0.2) is 5.78 Å². The number of rotatable bonds is 6. The number of hydrogen-bond donors (Lipinski definition) is 0. The summed E-state index contributed by atoms with van der Waals surface area (Å²) in [6.45, 7) is 1.93. The molecule has 0 saturated heterocycles. The Morgan fingerprint density at radius 3 is 2.19 bits per heavy atom. The summed E-state index contributed by atoms with van der Waals surface area (Å²) in [5.41, 5.74) is 3.97. The Kier molecular flexibility index (Phi) is 7.51. The number of benzene rings is 3. The van der Waals surface area contributed by atoms with Crippen LogP contribution in [0.2, 0.25) is 0 Å². The Bertz CT molecular complexity index is 1260. The molecule has 5 nitrogen and oxygen atoms in total. The van der Waals surface area contributed by atoms with Crippen LogP contribution in [0.3, 0.4) is 0 Å². The van der Waals surface area contributed by atoms with E-state index in [2.05, 4.69) is 8.75 Å². The first kappa shape index (κ1) is 23.0. The normalized spacial score (nSPS) is 11.5. The number of Topliss-reactive ketones (excluding diaryl/α,β-unsaturated/α-hetero) is 1. The van der Waals surface area contributed by atoms with Crippen molar-refractivity contribution in [3.8, 4) is 0 Å². The van der Waals surface area contributed by atoms with Crippen molar-refractivity contribution in [3.05, 3.63) is 101 Å². The molecule has 0 radical (unpaired) electrons. The van der Waals surface area contributed by atoms with Crippen LogP contribution in [0.5, 0.6) is 0 Å². The number of hydrogen-bond acceptors (Lipinski definition) is 6. The molecule has 0 atom stereocenters. The summed E-state index contributed by atoms with van der Waals surface area (Å²) in [5.74, 6) is -1.74. The molecule has 1 aromatic heterocycles. The predicted molar refractivity (Wildman–Crippen MR) is 115 cm³/mol. The summed E-state index contributed by atoms with van der Waals surface area (Å²) < 4.78 is 8.34. The summed E-state index contributed by atoms with van der Waals surface area (Å²) >= 11 is 1.05. The fraction of sp³-hybridized carbons (Fsp3) is 0.0833. The molecule has 4 aromatic rings. The van der Waals surface area contributed by atoms with Crippen molar-refractivity contribution in [3.63, 3.8) is 0 Å². The molecule has 0 saturated carbocycles. The summed E-state index contributed by atoms with van der Waals surface area (Å²) in [5, 5.41) is 12.2. The number of carboxylic acids is 1. The van der Waals surface area contributed by atoms with Gasteiger partial charge in [0.2, 0.25) is 0 Å². The van der Waals surface area contributed by atoms with Crippen molar-refractivity contribution >= 4 is 40.1 Å². The summed E-state index contributed by atoms with van der Waals surface area (Å²) in [7, 11) is 0. The van der Waals surface area contributed by atoms with Gasteiger partial charge in [-0.3, -0.25) is 4.79 Å². The maximum atomic E-state index is 13.4. The van der Waals surface area contributed by atoms with Gasteiger partial charge in [-0.2, -0.15) is 8.75 Å². The van der Waals surface area contributed by atoms with E-state index < -0.39 is 5.97 Å². The van der Waals surface area contributed by atoms with Gasteiger partial charge in [-0.05, 0) is 30.2 Å². The van der Waals surface area contributed by atoms with E-state index in [4.69, 9.17) is 0 Å². The molecular formula is C24H17N2NaO3S. The largest absolute Gasteiger partial charge is 1.00 e. The topological polar surface area (TPSA) is 83.0 Å². The number of allylic oxidation sites excluding steroid dienone is 1. The van der Waals surface area contributed by atoms with Crippen LogP contribution in [0.4, 0.5) is 0 Å². The molecule has 0 aliphatic rings. The maximum Gasteiger partial charge on any atom is 1.00 e. The van der Waals surface area contributed by atoms with E-state index in [-0.39, 0.29) is 52.9 Å². The van der Waals surface area contributed by atoms with Gasteiger partial charge < -0.3 is 9.90 Å². The summed E-state index contributed by atoms with van der Waals surface area (Å²) in [4.78, 5) is 25.7. The number of aliphatic carboxylic acids is 1. The molecule has 0 bridgehead atoms. The Hall–Kier alpha value is -2.64. The number of aryl methyl sites for hydroxylation is 1. The molecule has 4 rings (SSSR count). The van der Waals surface area contributed by atoms with Crippen LogP contribution in [0.15, 0.2) is 78.4 Å². The van der Waals surface area contributed by atoms with Crippen LogP contribution >= 0.6 is 11.7 Å². The van der Waals surface area contributed by atoms with E-state index in [0.29, 0.717) is 22.2 Å². The van der Waals surface area contributed by atoms with E-state index in [9.17, 15) is 14.7 Å². The molecule has 148 valence electrons.